The molecule has 0 bridgehead atoms. The first kappa shape index (κ1) is 162. The minimum absolute atomic E-state index is 0.0173. The molecule has 5 atom stereocenters. The number of esters is 10. The highest BCUT2D eigenvalue weighted by Gasteiger charge is 2.22. The molecule has 0 aliphatic rings. The zero-order valence-corrected chi connectivity index (χ0v) is 95.6. The lowest BCUT2D eigenvalue weighted by molar-refractivity contribution is -0.149. The molecule has 0 aromatic carbocycles. The van der Waals surface area contributed by atoms with Crippen LogP contribution >= 0.6 is 0 Å². The predicted octanol–water partition coefficient (Wildman–Crippen LogP) is 20.4. The van der Waals surface area contributed by atoms with Crippen LogP contribution in [-0.4, -0.2) is 221 Å². The van der Waals surface area contributed by atoms with Crippen molar-refractivity contribution in [1.82, 2.24) is 0 Å². The average Bonchev–Trinajstić information content (AvgIpc) is 0.931. The van der Waals surface area contributed by atoms with E-state index in [0.717, 1.165) is 102 Å². The van der Waals surface area contributed by atoms with Crippen molar-refractivity contribution < 1.29 is 162 Å². The Morgan fingerprint density at radius 1 is 0.289 bits per heavy atom. The monoisotopic (exact) mass is 2110 g/mol. The summed E-state index contributed by atoms with van der Waals surface area (Å²) in [7, 11) is 0. The van der Waals surface area contributed by atoms with E-state index in [1.165, 1.54) is 34.6 Å². The Bertz CT molecular complexity index is 4140. The van der Waals surface area contributed by atoms with E-state index in [1.54, 1.807) is 74.5 Å². The summed E-state index contributed by atoms with van der Waals surface area (Å²) in [4.78, 5) is 239. The van der Waals surface area contributed by atoms with Crippen molar-refractivity contribution in [3.63, 3.8) is 0 Å². The van der Waals surface area contributed by atoms with Crippen LogP contribution in [0.1, 0.15) is 322 Å². The first-order chi connectivity index (χ1) is 69.3. The zero-order valence-electron chi connectivity index (χ0n) is 95.6. The smallest absolute Gasteiger partial charge is 0.333 e. The van der Waals surface area contributed by atoms with E-state index < -0.39 is 65.8 Å². The lowest BCUT2D eigenvalue weighted by atomic mass is 9.90. The summed E-state index contributed by atoms with van der Waals surface area (Å²) in [6.07, 6.45) is 21.2. The van der Waals surface area contributed by atoms with Crippen molar-refractivity contribution >= 4 is 129 Å². The average molecular weight is 2110 g/mol. The molecule has 34 heteroatoms. The molecule has 0 aromatic heterocycles. The molecule has 0 N–H and O–H groups in total. The van der Waals surface area contributed by atoms with Gasteiger partial charge in [0, 0.05) is 119 Å². The normalized spacial score (nSPS) is 10.6. The van der Waals surface area contributed by atoms with Crippen LogP contribution in [0.2, 0.25) is 0 Å². The van der Waals surface area contributed by atoms with Crippen molar-refractivity contribution in [2.75, 3.05) is 85.9 Å². The summed E-state index contributed by atoms with van der Waals surface area (Å²) in [6.45, 7) is 90.7. The Morgan fingerprint density at radius 2 is 0.617 bits per heavy atom. The highest BCUT2D eigenvalue weighted by molar-refractivity contribution is 5.95. The van der Waals surface area contributed by atoms with Gasteiger partial charge >= 0.3 is 59.7 Å². The Kier molecular flexibility index (Phi) is 118. The summed E-state index contributed by atoms with van der Waals surface area (Å²) < 4.78 is 56.5. The fraction of sp³-hybridized carbons (Fsp3) is 0.600. The van der Waals surface area contributed by atoms with Crippen molar-refractivity contribution in [3.05, 3.63) is 148 Å². The molecule has 0 aliphatic carbocycles. The fourth-order valence-electron chi connectivity index (χ4n) is 8.73. The molecule has 0 radical (unpaired) electrons. The SMILES string of the molecule is C=C(C)C(=O)OC(C)C(C)=O.C=C(C)C(=O)OCC(=O)C(C)C.C=C(C)C(=O)OCC(=O)C(C)CC.C=C(C)C(=O)OCC(=O)CC.C=C(C)C(=O)OCC(=O)CC(C)C.C=C(C)C(=O)OCC(=O)CCC.C=C(C)C(=O)OCC(=O)CCCC.C=C(C)C(=O)OCC(C)=O.C=CC(=O)OCC(=O)CC(CC)CC.C=CC(=O)OCC(=O)CCCCCC.C=CCOCC(=O)C(C)C(C)CC.C=CCOCC(=O)C(CC)CCC. The van der Waals surface area contributed by atoms with Crippen molar-refractivity contribution in [2.45, 2.75) is 328 Å². The number of ether oxygens (including phenoxy) is 12. The van der Waals surface area contributed by atoms with Gasteiger partial charge in [-0.2, -0.15) is 0 Å². The number of Topliss-reactive ketones (excluding diaryl/α,β-unsaturated/α-hetero) is 12. The Labute approximate surface area is 890 Å². The van der Waals surface area contributed by atoms with Crippen LogP contribution in [0.5, 0.6) is 0 Å². The summed E-state index contributed by atoms with van der Waals surface area (Å²) in [5, 5.41) is 0. The van der Waals surface area contributed by atoms with E-state index >= 15 is 0 Å². The standard InChI is InChI=1S/2C11H18O3.2C11H20O2.3C10H16O3.2C9H14O3.2C8H12O3.C7H10O3/c1-4-9(5-2)7-10(12)8-14-11(13)6-3;1-3-5-6-7-8-10(12)9-14-11(13)4-2;1-5-7-13-8-11(12)10(4)9(3)6-2;1-4-7-10(6-3)11(12)9-13-8-5-2;1-7(2)5-9(11)6-13-10(12)8(3)4;1-5-8(4)9(11)6-13-10(12)7(2)3;1-4-5-6-9(11)7-13-10(12)8(2)3;1-6(2)8(10)5-12-9(11)7(3)4;1-4-5-8(10)6-12-9(11)7(2)3;1-5(2)8(10)11-7(4)6(3)9;1-4-7(9)5-11-8(10)6(2)3;1-5(2)7(9)10-4-6(3)8/h6,9H,3-5,7-8H2,1-2H3;4H,2-3,5-9H2,1H3;5,9-10H,1,6-8H2,2-4H3;5,10H,2,4,6-9H2,1,3H3;7H,3,5-6H2,1-2,4H3;8H,2,5-6H2,1,3-4H3;2,4-7H2,1,3H3;6H,3,5H2,1-2,4H3;2,4-6H2,1,3H3;7H,1H2,2-4H3;2,4-5H2,1,3H3;1,4H2,2-3H3. The third kappa shape index (κ3) is 119. The molecule has 0 saturated carbocycles. The van der Waals surface area contributed by atoms with E-state index in [-0.39, 0.29) is 166 Å². The third-order valence-electron chi connectivity index (χ3n) is 19.0. The van der Waals surface area contributed by atoms with Gasteiger partial charge in [0.2, 0.25) is 0 Å². The minimum atomic E-state index is -0.667. The fourth-order valence-corrected chi connectivity index (χ4v) is 8.73. The second-order valence-electron chi connectivity index (χ2n) is 35.0. The van der Waals surface area contributed by atoms with Gasteiger partial charge in [-0.1, -0.05) is 247 Å². The van der Waals surface area contributed by atoms with Gasteiger partial charge in [0.05, 0.1) is 13.2 Å². The molecule has 0 aromatic rings. The molecule has 0 heterocycles. The molecule has 34 nitrogen and oxygen atoms in total. The van der Waals surface area contributed by atoms with Crippen LogP contribution in [0, 0.1) is 41.4 Å². The molecular weight excluding hydrogens is 1930 g/mol. The number of carbonyl (C=O) groups is 22. The van der Waals surface area contributed by atoms with Crippen LogP contribution in [-0.2, 0) is 162 Å². The molecule has 0 saturated heterocycles. The molecular formula is C115H186O34. The van der Waals surface area contributed by atoms with Gasteiger partial charge in [-0.05, 0) is 132 Å². The van der Waals surface area contributed by atoms with Gasteiger partial charge in [0.25, 0.3) is 0 Å². The van der Waals surface area contributed by atoms with Gasteiger partial charge in [-0.15, -0.1) is 13.2 Å². The predicted molar refractivity (Wildman–Crippen MR) is 580 cm³/mol. The van der Waals surface area contributed by atoms with E-state index in [9.17, 15) is 105 Å². The van der Waals surface area contributed by atoms with Crippen molar-refractivity contribution in [1.29, 1.82) is 0 Å². The number of hydrogen-bond donors (Lipinski definition) is 0. The van der Waals surface area contributed by atoms with Gasteiger partial charge < -0.3 is 56.8 Å². The molecule has 0 spiro atoms. The first-order valence-corrected chi connectivity index (χ1v) is 50.1. The zero-order chi connectivity index (χ0) is 119. The van der Waals surface area contributed by atoms with Gasteiger partial charge in [-0.25, -0.2) is 47.9 Å². The number of hydrogen-bond acceptors (Lipinski definition) is 34. The first-order valence-electron chi connectivity index (χ1n) is 50.1. The summed E-state index contributed by atoms with van der Waals surface area (Å²) in [5.41, 5.74) is 2.51. The van der Waals surface area contributed by atoms with E-state index in [0.29, 0.717) is 114 Å². The van der Waals surface area contributed by atoms with Crippen LogP contribution < -0.4 is 0 Å². The number of carbonyl (C=O) groups excluding carboxylic acids is 22. The number of unbranched alkanes of at least 4 members (excludes halogenated alkanes) is 4. The Morgan fingerprint density at radius 3 is 0.919 bits per heavy atom. The Balaban J connectivity index is -0.000000138. The lowest BCUT2D eigenvalue weighted by Gasteiger charge is -2.16. The van der Waals surface area contributed by atoms with Gasteiger partial charge in [-0.3, -0.25) is 57.5 Å². The topological polar surface area (TPSA) is 486 Å². The summed E-state index contributed by atoms with van der Waals surface area (Å²) >= 11 is 0. The summed E-state index contributed by atoms with van der Waals surface area (Å²) in [6, 6.07) is 0. The third-order valence-corrected chi connectivity index (χ3v) is 19.0. The maximum absolute atomic E-state index is 11.5. The van der Waals surface area contributed by atoms with Gasteiger partial charge in [0.1, 0.15) is 59.5 Å². The van der Waals surface area contributed by atoms with Crippen LogP contribution in [0.3, 0.4) is 0 Å². The van der Waals surface area contributed by atoms with Crippen LogP contribution in [0.15, 0.2) is 148 Å². The Hall–Kier alpha value is -12.5. The molecule has 0 amide bonds. The highest BCUT2D eigenvalue weighted by atomic mass is 16.6. The molecule has 149 heavy (non-hydrogen) atoms. The van der Waals surface area contributed by atoms with Crippen LogP contribution in [0.25, 0.3) is 0 Å². The highest BCUT2D eigenvalue weighted by Crippen LogP contribution is 2.17. The summed E-state index contributed by atoms with van der Waals surface area (Å²) in [5.74, 6) is -4.12. The maximum Gasteiger partial charge on any atom is 0.333 e. The second-order valence-corrected chi connectivity index (χ2v) is 35.0. The van der Waals surface area contributed by atoms with Crippen molar-refractivity contribution in [3.8, 4) is 0 Å². The maximum atomic E-state index is 11.5. The lowest BCUT2D eigenvalue weighted by Crippen LogP contribution is -2.22. The largest absolute Gasteiger partial charge is 0.455 e. The van der Waals surface area contributed by atoms with Gasteiger partial charge in [0.15, 0.2) is 88.7 Å². The second kappa shape index (κ2) is 108. The van der Waals surface area contributed by atoms with Crippen molar-refractivity contribution in [2.24, 2.45) is 41.4 Å². The van der Waals surface area contributed by atoms with Crippen LogP contribution in [0.4, 0.5) is 0 Å². The van der Waals surface area contributed by atoms with E-state index in [1.807, 2.05) is 55.4 Å². The minimum Gasteiger partial charge on any atom is -0.455 e. The molecule has 5 unspecified atom stereocenters. The molecule has 0 rings (SSSR count). The van der Waals surface area contributed by atoms with E-state index in [2.05, 4.69) is 163 Å². The molecule has 850 valence electrons. The van der Waals surface area contributed by atoms with E-state index in [4.69, 9.17) is 14.2 Å². The quantitative estimate of drug-likeness (QED) is 0.0179. The number of ketones is 12. The molecule has 0 fully saturated rings. The number of rotatable bonds is 65. The molecule has 0 aliphatic heterocycles.